The van der Waals surface area contributed by atoms with Gasteiger partial charge in [-0.15, -0.1) is 0 Å². The number of nitrogens with zero attached hydrogens (tertiary/aromatic N) is 3. The number of carbonyl (C=O) groups is 1. The third-order valence-corrected chi connectivity index (χ3v) is 4.90. The van der Waals surface area contributed by atoms with Gasteiger partial charge in [0.25, 0.3) is 5.89 Å². The number of ether oxygens (including phenoxy) is 1. The number of amides is 2. The molecule has 2 aliphatic rings. The van der Waals surface area contributed by atoms with Crippen LogP contribution in [0.1, 0.15) is 25.2 Å². The molecule has 2 saturated heterocycles. The number of likely N-dealkylation sites (tertiary alicyclic amines) is 1. The standard InChI is InChI=1S/C18H21FN4O3/c19-18(16-21-15(22-26-16)13-4-2-1-3-5-13)8-9-23(12-18)17(24)20-14-6-10-25-11-7-14/h1-5,14H,6-12H2,(H,20,24). The number of alkyl halides is 1. The maximum atomic E-state index is 15.3. The molecule has 0 bridgehead atoms. The second-order valence-electron chi connectivity index (χ2n) is 6.76. The van der Waals surface area contributed by atoms with Crippen LogP contribution >= 0.6 is 0 Å². The zero-order valence-corrected chi connectivity index (χ0v) is 14.4. The fourth-order valence-electron chi connectivity index (χ4n) is 3.34. The van der Waals surface area contributed by atoms with Crippen molar-refractivity contribution in [2.24, 2.45) is 0 Å². The summed E-state index contributed by atoms with van der Waals surface area (Å²) in [7, 11) is 0. The summed E-state index contributed by atoms with van der Waals surface area (Å²) in [6, 6.07) is 9.10. The molecule has 1 unspecified atom stereocenters. The quantitative estimate of drug-likeness (QED) is 0.910. The lowest BCUT2D eigenvalue weighted by Crippen LogP contribution is -2.46. The molecule has 138 valence electrons. The van der Waals surface area contributed by atoms with Crippen LogP contribution in [0.4, 0.5) is 9.18 Å². The highest BCUT2D eigenvalue weighted by molar-refractivity contribution is 5.75. The number of hydrogen-bond acceptors (Lipinski definition) is 5. The maximum absolute atomic E-state index is 15.3. The molecule has 26 heavy (non-hydrogen) atoms. The number of halogens is 1. The SMILES string of the molecule is O=C(NC1CCOCC1)N1CCC(F)(c2nc(-c3ccccc3)no2)C1. The summed E-state index contributed by atoms with van der Waals surface area (Å²) < 4.78 is 25.8. The summed E-state index contributed by atoms with van der Waals surface area (Å²) in [6.45, 7) is 1.51. The van der Waals surface area contributed by atoms with Gasteiger partial charge in [0, 0.05) is 37.8 Å². The molecule has 1 atom stereocenters. The molecule has 0 spiro atoms. The molecule has 3 heterocycles. The van der Waals surface area contributed by atoms with Gasteiger partial charge in [0.15, 0.2) is 0 Å². The molecule has 2 aliphatic heterocycles. The van der Waals surface area contributed by atoms with Gasteiger partial charge in [-0.25, -0.2) is 9.18 Å². The number of urea groups is 1. The van der Waals surface area contributed by atoms with E-state index < -0.39 is 5.67 Å². The van der Waals surface area contributed by atoms with Gasteiger partial charge in [0.2, 0.25) is 11.5 Å². The largest absolute Gasteiger partial charge is 0.381 e. The molecule has 4 rings (SSSR count). The highest BCUT2D eigenvalue weighted by Crippen LogP contribution is 2.36. The van der Waals surface area contributed by atoms with Crippen LogP contribution in [-0.2, 0) is 10.4 Å². The Hall–Kier alpha value is -2.48. The summed E-state index contributed by atoms with van der Waals surface area (Å²) >= 11 is 0. The Morgan fingerprint density at radius 1 is 1.27 bits per heavy atom. The lowest BCUT2D eigenvalue weighted by molar-refractivity contribution is 0.0774. The number of carbonyl (C=O) groups excluding carboxylic acids is 1. The Balaban J connectivity index is 1.42. The van der Waals surface area contributed by atoms with E-state index in [0.29, 0.717) is 25.6 Å². The predicted octanol–water partition coefficient (Wildman–Crippen LogP) is 2.50. The molecule has 7 nitrogen and oxygen atoms in total. The molecule has 2 amide bonds. The molecule has 2 fully saturated rings. The van der Waals surface area contributed by atoms with Crippen LogP contribution < -0.4 is 5.32 Å². The molecule has 2 aromatic rings. The fourth-order valence-corrected chi connectivity index (χ4v) is 3.34. The predicted molar refractivity (Wildman–Crippen MR) is 91.1 cm³/mol. The summed E-state index contributed by atoms with van der Waals surface area (Å²) in [5.41, 5.74) is -1.05. The topological polar surface area (TPSA) is 80.5 Å². The van der Waals surface area contributed by atoms with E-state index >= 15 is 4.39 Å². The van der Waals surface area contributed by atoms with Crippen molar-refractivity contribution in [3.05, 3.63) is 36.2 Å². The Kier molecular flexibility index (Phi) is 4.58. The second-order valence-corrected chi connectivity index (χ2v) is 6.76. The van der Waals surface area contributed by atoms with E-state index in [1.165, 1.54) is 4.90 Å². The van der Waals surface area contributed by atoms with Gasteiger partial charge in [-0.05, 0) is 12.8 Å². The molecule has 1 aromatic carbocycles. The molecule has 0 aliphatic carbocycles. The van der Waals surface area contributed by atoms with Crippen LogP contribution in [0.25, 0.3) is 11.4 Å². The van der Waals surface area contributed by atoms with Crippen molar-refractivity contribution < 1.29 is 18.4 Å². The van der Waals surface area contributed by atoms with E-state index in [1.54, 1.807) is 0 Å². The van der Waals surface area contributed by atoms with Gasteiger partial charge >= 0.3 is 6.03 Å². The zero-order valence-electron chi connectivity index (χ0n) is 14.4. The summed E-state index contributed by atoms with van der Waals surface area (Å²) in [5, 5.41) is 6.84. The van der Waals surface area contributed by atoms with Crippen LogP contribution in [0.2, 0.25) is 0 Å². The average molecular weight is 360 g/mol. The first-order valence-electron chi connectivity index (χ1n) is 8.86. The second kappa shape index (κ2) is 7.03. The van der Waals surface area contributed by atoms with Crippen LogP contribution in [0.15, 0.2) is 34.9 Å². The van der Waals surface area contributed by atoms with Crippen molar-refractivity contribution >= 4 is 6.03 Å². The van der Waals surface area contributed by atoms with Crippen molar-refractivity contribution in [3.63, 3.8) is 0 Å². The van der Waals surface area contributed by atoms with Crippen LogP contribution in [0.3, 0.4) is 0 Å². The molecule has 0 radical (unpaired) electrons. The first-order valence-corrected chi connectivity index (χ1v) is 8.86. The highest BCUT2D eigenvalue weighted by Gasteiger charge is 2.46. The summed E-state index contributed by atoms with van der Waals surface area (Å²) in [5.74, 6) is 0.278. The molecular formula is C18H21FN4O3. The van der Waals surface area contributed by atoms with Gasteiger partial charge < -0.3 is 19.5 Å². The number of hydrogen-bond donors (Lipinski definition) is 1. The molecule has 1 aromatic heterocycles. The van der Waals surface area contributed by atoms with E-state index in [0.717, 1.165) is 18.4 Å². The summed E-state index contributed by atoms with van der Waals surface area (Å²) in [4.78, 5) is 18.1. The lowest BCUT2D eigenvalue weighted by atomic mass is 10.1. The monoisotopic (exact) mass is 360 g/mol. The highest BCUT2D eigenvalue weighted by atomic mass is 19.1. The van der Waals surface area contributed by atoms with E-state index in [4.69, 9.17) is 9.26 Å². The Morgan fingerprint density at radius 3 is 2.81 bits per heavy atom. The Morgan fingerprint density at radius 2 is 2.04 bits per heavy atom. The molecule has 1 N–H and O–H groups in total. The third-order valence-electron chi connectivity index (χ3n) is 4.90. The van der Waals surface area contributed by atoms with E-state index in [1.807, 2.05) is 30.3 Å². The van der Waals surface area contributed by atoms with Gasteiger partial charge in [0.1, 0.15) is 0 Å². The van der Waals surface area contributed by atoms with Crippen LogP contribution in [-0.4, -0.2) is 53.4 Å². The minimum Gasteiger partial charge on any atom is -0.381 e. The van der Waals surface area contributed by atoms with Crippen molar-refractivity contribution in [1.82, 2.24) is 20.4 Å². The third kappa shape index (κ3) is 3.41. The van der Waals surface area contributed by atoms with Gasteiger partial charge in [-0.3, -0.25) is 0 Å². The van der Waals surface area contributed by atoms with Crippen LogP contribution in [0, 0.1) is 0 Å². The van der Waals surface area contributed by atoms with Crippen molar-refractivity contribution in [3.8, 4) is 11.4 Å². The van der Waals surface area contributed by atoms with Gasteiger partial charge in [-0.1, -0.05) is 35.5 Å². The maximum Gasteiger partial charge on any atom is 0.317 e. The Labute approximate surface area is 150 Å². The smallest absolute Gasteiger partial charge is 0.317 e. The minimum absolute atomic E-state index is 0.0716. The molecule has 8 heteroatoms. The number of nitrogens with one attached hydrogen (secondary N) is 1. The van der Waals surface area contributed by atoms with Gasteiger partial charge in [0.05, 0.1) is 6.54 Å². The van der Waals surface area contributed by atoms with E-state index in [2.05, 4.69) is 15.5 Å². The van der Waals surface area contributed by atoms with Crippen molar-refractivity contribution in [1.29, 1.82) is 0 Å². The van der Waals surface area contributed by atoms with Crippen molar-refractivity contribution in [2.75, 3.05) is 26.3 Å². The number of benzene rings is 1. The lowest BCUT2D eigenvalue weighted by Gasteiger charge is -2.26. The van der Waals surface area contributed by atoms with Crippen LogP contribution in [0.5, 0.6) is 0 Å². The fraction of sp³-hybridized carbons (Fsp3) is 0.500. The number of aromatic nitrogens is 2. The average Bonchev–Trinajstić information content (AvgIpc) is 3.32. The normalized spacial score (nSPS) is 24.0. The first-order chi connectivity index (χ1) is 12.6. The number of rotatable bonds is 3. The Bertz CT molecular complexity index is 763. The summed E-state index contributed by atoms with van der Waals surface area (Å²) in [6.07, 6.45) is 1.71. The van der Waals surface area contributed by atoms with E-state index in [9.17, 15) is 4.79 Å². The minimum atomic E-state index is -1.81. The molecular weight excluding hydrogens is 339 g/mol. The zero-order chi connectivity index (χ0) is 18.0. The first kappa shape index (κ1) is 17.0. The van der Waals surface area contributed by atoms with E-state index in [-0.39, 0.29) is 30.9 Å². The molecule has 0 saturated carbocycles. The van der Waals surface area contributed by atoms with Gasteiger partial charge in [-0.2, -0.15) is 4.98 Å². The van der Waals surface area contributed by atoms with Crippen molar-refractivity contribution in [2.45, 2.75) is 31.0 Å².